The first-order valence-corrected chi connectivity index (χ1v) is 10.4. The van der Waals surface area contributed by atoms with Crippen molar-refractivity contribution in [1.82, 2.24) is 10.2 Å². The summed E-state index contributed by atoms with van der Waals surface area (Å²) in [6.45, 7) is 5.74. The molecule has 1 heterocycles. The molecule has 1 N–H and O–H groups in total. The average molecular weight is 383 g/mol. The van der Waals surface area contributed by atoms with Crippen LogP contribution in [0.4, 0.5) is 0 Å². The summed E-state index contributed by atoms with van der Waals surface area (Å²) in [7, 11) is 0. The maximum Gasteiger partial charge on any atom is 0.244 e. The zero-order valence-electron chi connectivity index (χ0n) is 16.0. The van der Waals surface area contributed by atoms with Gasteiger partial charge in [-0.25, -0.2) is 0 Å². The lowest BCUT2D eigenvalue weighted by molar-refractivity contribution is -0.142. The fourth-order valence-electron chi connectivity index (χ4n) is 3.28. The van der Waals surface area contributed by atoms with Crippen molar-refractivity contribution in [2.45, 2.75) is 38.2 Å². The lowest BCUT2D eigenvalue weighted by Gasteiger charge is -2.31. The zero-order valence-corrected chi connectivity index (χ0v) is 16.8. The minimum Gasteiger partial charge on any atom is -0.348 e. The molecule has 0 unspecified atom stereocenters. The molecule has 5 heteroatoms. The third kappa shape index (κ3) is 4.35. The predicted molar refractivity (Wildman–Crippen MR) is 110 cm³/mol. The Kier molecular flexibility index (Phi) is 6.22. The fraction of sp³-hybridized carbons (Fsp3) is 0.364. The molecule has 1 saturated heterocycles. The molecule has 27 heavy (non-hydrogen) atoms. The monoisotopic (exact) mass is 382 g/mol. The van der Waals surface area contributed by atoms with Gasteiger partial charge in [0.05, 0.1) is 6.04 Å². The lowest BCUT2D eigenvalue weighted by atomic mass is 10.1. The molecule has 0 bridgehead atoms. The maximum atomic E-state index is 13.0. The van der Waals surface area contributed by atoms with E-state index in [9.17, 15) is 9.59 Å². The molecule has 3 rings (SSSR count). The van der Waals surface area contributed by atoms with Crippen LogP contribution < -0.4 is 5.32 Å². The molecule has 0 spiro atoms. The number of thioether (sulfide) groups is 1. The molecule has 1 aliphatic rings. The molecular weight excluding hydrogens is 356 g/mol. The van der Waals surface area contributed by atoms with E-state index < -0.39 is 6.04 Å². The van der Waals surface area contributed by atoms with Crippen LogP contribution >= 0.6 is 11.8 Å². The molecule has 142 valence electrons. The van der Waals surface area contributed by atoms with Gasteiger partial charge in [0.15, 0.2) is 0 Å². The summed E-state index contributed by atoms with van der Waals surface area (Å²) in [6, 6.07) is 19.3. The number of hydrogen-bond donors (Lipinski definition) is 1. The summed E-state index contributed by atoms with van der Waals surface area (Å²) in [6.07, 6.45) is 0. The van der Waals surface area contributed by atoms with Gasteiger partial charge in [0, 0.05) is 11.7 Å². The summed E-state index contributed by atoms with van der Waals surface area (Å²) in [5.41, 5.74) is 2.11. The molecule has 0 aromatic heterocycles. The Morgan fingerprint density at radius 2 is 1.59 bits per heavy atom. The Labute approximate surface area is 165 Å². The van der Waals surface area contributed by atoms with E-state index in [1.54, 1.807) is 16.7 Å². The molecular formula is C22H26N2O2S. The van der Waals surface area contributed by atoms with Gasteiger partial charge >= 0.3 is 0 Å². The first-order valence-electron chi connectivity index (χ1n) is 9.33. The van der Waals surface area contributed by atoms with Crippen molar-refractivity contribution in [3.8, 4) is 0 Å². The Morgan fingerprint density at radius 1 is 1.00 bits per heavy atom. The highest BCUT2D eigenvalue weighted by atomic mass is 32.2. The average Bonchev–Trinajstić information content (AvgIpc) is 3.13. The minimum atomic E-state index is -0.457. The van der Waals surface area contributed by atoms with Crippen LogP contribution in [0.2, 0.25) is 0 Å². The Bertz CT molecular complexity index is 779. The van der Waals surface area contributed by atoms with Gasteiger partial charge in [0.25, 0.3) is 0 Å². The van der Waals surface area contributed by atoms with Crippen LogP contribution in [0.15, 0.2) is 60.7 Å². The number of amides is 2. The van der Waals surface area contributed by atoms with Crippen molar-refractivity contribution < 1.29 is 9.59 Å². The molecule has 1 aliphatic heterocycles. The van der Waals surface area contributed by atoms with Crippen LogP contribution in [0.1, 0.15) is 43.3 Å². The van der Waals surface area contributed by atoms with E-state index >= 15 is 0 Å². The van der Waals surface area contributed by atoms with Crippen molar-refractivity contribution >= 4 is 23.6 Å². The van der Waals surface area contributed by atoms with Crippen molar-refractivity contribution in [3.05, 3.63) is 71.8 Å². The zero-order chi connectivity index (χ0) is 19.4. The molecule has 1 fully saturated rings. The number of rotatable bonds is 5. The second-order valence-electron chi connectivity index (χ2n) is 7.15. The normalized spacial score (nSPS) is 20.5. The van der Waals surface area contributed by atoms with E-state index in [2.05, 4.69) is 5.32 Å². The Morgan fingerprint density at radius 3 is 2.19 bits per heavy atom. The van der Waals surface area contributed by atoms with E-state index in [0.29, 0.717) is 5.75 Å². The van der Waals surface area contributed by atoms with Crippen LogP contribution in [0.5, 0.6) is 0 Å². The summed E-state index contributed by atoms with van der Waals surface area (Å²) in [4.78, 5) is 27.7. The van der Waals surface area contributed by atoms with Gasteiger partial charge in [-0.05, 0) is 18.1 Å². The van der Waals surface area contributed by atoms with Crippen LogP contribution in [-0.4, -0.2) is 28.5 Å². The van der Waals surface area contributed by atoms with E-state index in [1.165, 1.54) is 0 Å². The molecule has 0 aliphatic carbocycles. The van der Waals surface area contributed by atoms with Crippen LogP contribution in [0.25, 0.3) is 0 Å². The highest BCUT2D eigenvalue weighted by Gasteiger charge is 2.43. The van der Waals surface area contributed by atoms with Crippen LogP contribution in [0.3, 0.4) is 0 Å². The maximum absolute atomic E-state index is 13.0. The van der Waals surface area contributed by atoms with Crippen LogP contribution in [0, 0.1) is 5.92 Å². The van der Waals surface area contributed by atoms with Gasteiger partial charge < -0.3 is 10.2 Å². The van der Waals surface area contributed by atoms with Gasteiger partial charge in [0.1, 0.15) is 11.4 Å². The Balaban J connectivity index is 1.80. The van der Waals surface area contributed by atoms with E-state index in [-0.39, 0.29) is 29.1 Å². The number of benzene rings is 2. The fourth-order valence-corrected chi connectivity index (χ4v) is 4.72. The third-order valence-corrected chi connectivity index (χ3v) is 6.12. The van der Waals surface area contributed by atoms with Gasteiger partial charge in [-0.1, -0.05) is 74.5 Å². The van der Waals surface area contributed by atoms with Crippen molar-refractivity contribution in [2.75, 3.05) is 5.75 Å². The van der Waals surface area contributed by atoms with Crippen LogP contribution in [-0.2, 0) is 9.59 Å². The molecule has 2 amide bonds. The van der Waals surface area contributed by atoms with Gasteiger partial charge in [-0.3, -0.25) is 9.59 Å². The molecule has 2 aromatic rings. The Hall–Kier alpha value is -2.27. The largest absolute Gasteiger partial charge is 0.348 e. The molecule has 0 saturated carbocycles. The van der Waals surface area contributed by atoms with E-state index in [4.69, 9.17) is 0 Å². The first-order chi connectivity index (χ1) is 13.0. The van der Waals surface area contributed by atoms with Gasteiger partial charge in [0.2, 0.25) is 11.8 Å². The molecule has 0 radical (unpaired) electrons. The molecule has 3 atom stereocenters. The SMILES string of the molecule is CC(C)C(=O)N1[C@@H](C(=O)N[C@@H](C)c2ccccc2)CS[C@@H]1c1ccccc1. The number of carbonyl (C=O) groups is 2. The number of nitrogens with one attached hydrogen (secondary N) is 1. The van der Waals surface area contributed by atoms with Gasteiger partial charge in [-0.2, -0.15) is 0 Å². The predicted octanol–water partition coefficient (Wildman–Crippen LogP) is 4.16. The minimum absolute atomic E-state index is 0.0152. The summed E-state index contributed by atoms with van der Waals surface area (Å²) >= 11 is 1.65. The molecule has 4 nitrogen and oxygen atoms in total. The number of carbonyl (C=O) groups excluding carboxylic acids is 2. The summed E-state index contributed by atoms with van der Waals surface area (Å²) in [5, 5.41) is 2.97. The smallest absolute Gasteiger partial charge is 0.244 e. The van der Waals surface area contributed by atoms with Gasteiger partial charge in [-0.15, -0.1) is 11.8 Å². The summed E-state index contributed by atoms with van der Waals surface area (Å²) < 4.78 is 0. The summed E-state index contributed by atoms with van der Waals surface area (Å²) in [5.74, 6) is 0.371. The number of hydrogen-bond acceptors (Lipinski definition) is 3. The van der Waals surface area contributed by atoms with Crippen molar-refractivity contribution in [3.63, 3.8) is 0 Å². The van der Waals surface area contributed by atoms with Crippen molar-refractivity contribution in [2.24, 2.45) is 5.92 Å². The number of nitrogens with zero attached hydrogens (tertiary/aromatic N) is 1. The second-order valence-corrected chi connectivity index (χ2v) is 8.27. The van der Waals surface area contributed by atoms with E-state index in [0.717, 1.165) is 11.1 Å². The quantitative estimate of drug-likeness (QED) is 0.845. The lowest BCUT2D eigenvalue weighted by Crippen LogP contribution is -2.49. The third-order valence-electron chi connectivity index (χ3n) is 4.79. The van der Waals surface area contributed by atoms with E-state index in [1.807, 2.05) is 81.4 Å². The molecule has 2 aromatic carbocycles. The highest BCUT2D eigenvalue weighted by Crippen LogP contribution is 2.42. The highest BCUT2D eigenvalue weighted by molar-refractivity contribution is 7.99. The standard InChI is InChI=1S/C22H26N2O2S/c1-15(2)21(26)24-19(14-27-22(24)18-12-8-5-9-13-18)20(25)23-16(3)17-10-6-4-7-11-17/h4-13,15-16,19,22H,14H2,1-3H3,(H,23,25)/t16-,19+,22+/m0/s1. The van der Waals surface area contributed by atoms with Crippen molar-refractivity contribution in [1.29, 1.82) is 0 Å². The topological polar surface area (TPSA) is 49.4 Å². The first kappa shape index (κ1) is 19.5. The second kappa shape index (κ2) is 8.61.